The summed E-state index contributed by atoms with van der Waals surface area (Å²) in [6, 6.07) is 11.6. The Kier molecular flexibility index (Phi) is 5.52. The summed E-state index contributed by atoms with van der Waals surface area (Å²) < 4.78 is 12.6. The van der Waals surface area contributed by atoms with E-state index >= 15 is 0 Å². The number of benzene rings is 2. The van der Waals surface area contributed by atoms with E-state index in [1.54, 1.807) is 20.4 Å². The van der Waals surface area contributed by atoms with Crippen LogP contribution < -0.4 is 14.8 Å². The molecule has 0 aliphatic rings. The molecule has 7 heteroatoms. The molecular formula is C23H25N5O2. The average molecular weight is 403 g/mol. The lowest BCUT2D eigenvalue weighted by Gasteiger charge is -2.11. The van der Waals surface area contributed by atoms with Crippen LogP contribution in [0.4, 0.5) is 11.4 Å². The molecule has 0 atom stereocenters. The van der Waals surface area contributed by atoms with Gasteiger partial charge in [-0.05, 0) is 24.1 Å². The van der Waals surface area contributed by atoms with Gasteiger partial charge in [0.05, 0.1) is 43.3 Å². The van der Waals surface area contributed by atoms with Crippen LogP contribution >= 0.6 is 0 Å². The molecule has 0 aliphatic carbocycles. The van der Waals surface area contributed by atoms with Gasteiger partial charge < -0.3 is 14.8 Å². The molecular weight excluding hydrogens is 378 g/mol. The van der Waals surface area contributed by atoms with E-state index in [1.807, 2.05) is 53.5 Å². The lowest BCUT2D eigenvalue weighted by atomic mass is 10.2. The second kappa shape index (κ2) is 8.41. The van der Waals surface area contributed by atoms with Gasteiger partial charge in [0.25, 0.3) is 0 Å². The molecule has 7 nitrogen and oxygen atoms in total. The molecule has 2 aromatic carbocycles. The molecule has 0 spiro atoms. The Hall–Kier alpha value is -3.61. The topological polar surface area (TPSA) is 74.1 Å². The first-order chi connectivity index (χ1) is 14.5. The molecule has 4 rings (SSSR count). The van der Waals surface area contributed by atoms with Crippen LogP contribution in [0.15, 0.2) is 55.0 Å². The number of fused-ring (bicyclic) bond motifs is 1. The van der Waals surface area contributed by atoms with Gasteiger partial charge in [0.1, 0.15) is 11.5 Å². The fourth-order valence-electron chi connectivity index (χ4n) is 3.24. The number of nitrogens with zero attached hydrogens (tertiary/aromatic N) is 4. The van der Waals surface area contributed by atoms with Crippen LogP contribution in [-0.2, 0) is 6.54 Å². The minimum absolute atomic E-state index is 0.532. The van der Waals surface area contributed by atoms with E-state index in [9.17, 15) is 0 Å². The molecule has 30 heavy (non-hydrogen) atoms. The van der Waals surface area contributed by atoms with Crippen LogP contribution in [0, 0.1) is 5.92 Å². The van der Waals surface area contributed by atoms with Crippen molar-refractivity contribution in [3.63, 3.8) is 0 Å². The van der Waals surface area contributed by atoms with Gasteiger partial charge in [-0.3, -0.25) is 9.67 Å². The quantitative estimate of drug-likeness (QED) is 0.473. The van der Waals surface area contributed by atoms with Crippen molar-refractivity contribution >= 4 is 22.4 Å². The summed E-state index contributed by atoms with van der Waals surface area (Å²) in [5.74, 6) is 1.97. The van der Waals surface area contributed by atoms with Gasteiger partial charge in [-0.1, -0.05) is 13.8 Å². The first-order valence-electron chi connectivity index (χ1n) is 9.84. The van der Waals surface area contributed by atoms with Gasteiger partial charge in [-0.2, -0.15) is 5.10 Å². The van der Waals surface area contributed by atoms with Crippen LogP contribution in [0.3, 0.4) is 0 Å². The molecule has 0 unspecified atom stereocenters. The maximum Gasteiger partial charge on any atom is 0.124 e. The second-order valence-corrected chi connectivity index (χ2v) is 7.53. The Morgan fingerprint density at radius 2 is 1.70 bits per heavy atom. The molecule has 0 amide bonds. The standard InChI is InChI=1S/C23H25N5O2/c1-15(2)13-28-14-16(11-25-28)23-12-24-21-6-5-17(9-22(21)27-23)26-18-7-19(29-3)10-20(8-18)30-4/h5-12,14-15,26H,13H2,1-4H3. The van der Waals surface area contributed by atoms with Gasteiger partial charge in [0.15, 0.2) is 0 Å². The zero-order valence-corrected chi connectivity index (χ0v) is 17.6. The smallest absolute Gasteiger partial charge is 0.124 e. The zero-order valence-electron chi connectivity index (χ0n) is 17.6. The SMILES string of the molecule is COc1cc(Nc2ccc3ncc(-c4cnn(CC(C)C)c4)nc3c2)cc(OC)c1. The lowest BCUT2D eigenvalue weighted by molar-refractivity contribution is 0.395. The highest BCUT2D eigenvalue weighted by Crippen LogP contribution is 2.29. The summed E-state index contributed by atoms with van der Waals surface area (Å²) in [4.78, 5) is 9.37. The maximum absolute atomic E-state index is 5.35. The number of nitrogens with one attached hydrogen (secondary N) is 1. The van der Waals surface area contributed by atoms with Crippen molar-refractivity contribution in [2.75, 3.05) is 19.5 Å². The fourth-order valence-corrected chi connectivity index (χ4v) is 3.24. The van der Waals surface area contributed by atoms with E-state index in [0.717, 1.165) is 51.7 Å². The maximum atomic E-state index is 5.35. The molecule has 0 saturated heterocycles. The van der Waals surface area contributed by atoms with Crippen LogP contribution in [0.2, 0.25) is 0 Å². The van der Waals surface area contributed by atoms with Gasteiger partial charge >= 0.3 is 0 Å². The van der Waals surface area contributed by atoms with E-state index in [1.165, 1.54) is 0 Å². The van der Waals surface area contributed by atoms with E-state index in [2.05, 4.69) is 29.2 Å². The van der Waals surface area contributed by atoms with Gasteiger partial charge in [-0.25, -0.2) is 4.98 Å². The Bertz CT molecular complexity index is 1150. The summed E-state index contributed by atoms with van der Waals surface area (Å²) in [7, 11) is 3.27. The number of rotatable bonds is 7. The van der Waals surface area contributed by atoms with Crippen LogP contribution in [0.25, 0.3) is 22.3 Å². The van der Waals surface area contributed by atoms with Crippen LogP contribution in [-0.4, -0.2) is 34.0 Å². The van der Waals surface area contributed by atoms with Gasteiger partial charge in [0, 0.05) is 47.9 Å². The minimum Gasteiger partial charge on any atom is -0.497 e. The molecule has 154 valence electrons. The summed E-state index contributed by atoms with van der Waals surface area (Å²) in [5.41, 5.74) is 5.18. The van der Waals surface area contributed by atoms with Crippen molar-refractivity contribution in [3.05, 3.63) is 55.0 Å². The van der Waals surface area contributed by atoms with E-state index in [0.29, 0.717) is 5.92 Å². The summed E-state index contributed by atoms with van der Waals surface area (Å²) >= 11 is 0. The highest BCUT2D eigenvalue weighted by Gasteiger charge is 2.08. The highest BCUT2D eigenvalue weighted by molar-refractivity contribution is 5.82. The van der Waals surface area contributed by atoms with E-state index in [-0.39, 0.29) is 0 Å². The van der Waals surface area contributed by atoms with Crippen molar-refractivity contribution < 1.29 is 9.47 Å². The zero-order chi connectivity index (χ0) is 21.1. The van der Waals surface area contributed by atoms with E-state index < -0.39 is 0 Å². The Morgan fingerprint density at radius 3 is 2.40 bits per heavy atom. The molecule has 0 bridgehead atoms. The second-order valence-electron chi connectivity index (χ2n) is 7.53. The number of methoxy groups -OCH3 is 2. The largest absolute Gasteiger partial charge is 0.497 e. The predicted molar refractivity (Wildman–Crippen MR) is 118 cm³/mol. The number of ether oxygens (including phenoxy) is 2. The Balaban J connectivity index is 1.63. The third-order valence-electron chi connectivity index (χ3n) is 4.66. The predicted octanol–water partition coefficient (Wildman–Crippen LogP) is 4.91. The van der Waals surface area contributed by atoms with Crippen molar-refractivity contribution in [1.82, 2.24) is 19.7 Å². The molecule has 2 aromatic heterocycles. The van der Waals surface area contributed by atoms with Crippen LogP contribution in [0.1, 0.15) is 13.8 Å². The van der Waals surface area contributed by atoms with Crippen LogP contribution in [0.5, 0.6) is 11.5 Å². The highest BCUT2D eigenvalue weighted by atomic mass is 16.5. The first kappa shape index (κ1) is 19.7. The normalized spacial score (nSPS) is 11.1. The number of anilines is 2. The molecule has 0 radical (unpaired) electrons. The average Bonchev–Trinajstić information content (AvgIpc) is 3.20. The summed E-state index contributed by atoms with van der Waals surface area (Å²) in [6.07, 6.45) is 5.64. The lowest BCUT2D eigenvalue weighted by Crippen LogP contribution is -2.04. The molecule has 0 fully saturated rings. The summed E-state index contributed by atoms with van der Waals surface area (Å²) in [6.45, 7) is 5.21. The molecule has 2 heterocycles. The first-order valence-corrected chi connectivity index (χ1v) is 9.84. The number of hydrogen-bond donors (Lipinski definition) is 1. The third kappa shape index (κ3) is 4.35. The summed E-state index contributed by atoms with van der Waals surface area (Å²) in [5, 5.41) is 7.82. The number of aromatic nitrogens is 4. The third-order valence-corrected chi connectivity index (χ3v) is 4.66. The van der Waals surface area contributed by atoms with E-state index in [4.69, 9.17) is 14.5 Å². The molecule has 4 aromatic rings. The van der Waals surface area contributed by atoms with Crippen molar-refractivity contribution in [3.8, 4) is 22.8 Å². The van der Waals surface area contributed by atoms with Gasteiger partial charge in [-0.15, -0.1) is 0 Å². The Morgan fingerprint density at radius 1 is 0.933 bits per heavy atom. The van der Waals surface area contributed by atoms with Crippen molar-refractivity contribution in [2.24, 2.45) is 5.92 Å². The van der Waals surface area contributed by atoms with Crippen molar-refractivity contribution in [1.29, 1.82) is 0 Å². The van der Waals surface area contributed by atoms with Crippen molar-refractivity contribution in [2.45, 2.75) is 20.4 Å². The molecule has 0 aliphatic heterocycles. The Labute approximate surface area is 175 Å². The van der Waals surface area contributed by atoms with Gasteiger partial charge in [0.2, 0.25) is 0 Å². The molecule has 1 N–H and O–H groups in total. The monoisotopic (exact) mass is 403 g/mol. The minimum atomic E-state index is 0.532. The molecule has 0 saturated carbocycles. The number of hydrogen-bond acceptors (Lipinski definition) is 6. The fraction of sp³-hybridized carbons (Fsp3) is 0.261.